The van der Waals surface area contributed by atoms with Gasteiger partial charge in [-0.05, 0) is 13.0 Å². The van der Waals surface area contributed by atoms with Gasteiger partial charge in [-0.2, -0.15) is 4.73 Å². The summed E-state index contributed by atoms with van der Waals surface area (Å²) < 4.78 is 0.416. The summed E-state index contributed by atoms with van der Waals surface area (Å²) in [5.41, 5.74) is 5.54. The summed E-state index contributed by atoms with van der Waals surface area (Å²) in [4.78, 5) is 0. The molecule has 1 heterocycles. The Morgan fingerprint density at radius 1 is 1.12 bits per heavy atom. The van der Waals surface area contributed by atoms with Crippen LogP contribution in [0.3, 0.4) is 0 Å². The predicted octanol–water partition coefficient (Wildman–Crippen LogP) is 0.202. The van der Waals surface area contributed by atoms with E-state index in [4.69, 9.17) is 5.73 Å². The second kappa shape index (κ2) is 3.63. The van der Waals surface area contributed by atoms with Crippen LogP contribution in [0.25, 0.3) is 10.9 Å². The third-order valence-corrected chi connectivity index (χ3v) is 2.63. The van der Waals surface area contributed by atoms with Crippen molar-refractivity contribution in [1.82, 2.24) is 4.73 Å². The summed E-state index contributed by atoms with van der Waals surface area (Å²) in [6.07, 6.45) is 0.202. The number of aromatic nitrogens is 1. The fourth-order valence-corrected chi connectivity index (χ4v) is 1.83. The maximum atomic E-state index is 9.70. The van der Waals surface area contributed by atoms with Crippen molar-refractivity contribution >= 4 is 10.9 Å². The Morgan fingerprint density at radius 2 is 1.76 bits per heavy atom. The van der Waals surface area contributed by atoms with Gasteiger partial charge in [0.1, 0.15) is 0 Å². The lowest BCUT2D eigenvalue weighted by Crippen LogP contribution is -2.02. The quantitative estimate of drug-likeness (QED) is 0.328. The molecule has 0 unspecified atom stereocenters. The van der Waals surface area contributed by atoms with Crippen LogP contribution in [0.2, 0.25) is 0 Å². The number of nitrogens with two attached hydrogens (primary N) is 1. The summed E-state index contributed by atoms with van der Waals surface area (Å²) in [6.45, 7) is 0.188. The van der Waals surface area contributed by atoms with Crippen molar-refractivity contribution in [3.8, 4) is 23.1 Å². The van der Waals surface area contributed by atoms with Crippen LogP contribution in [0, 0.1) is 0 Å². The van der Waals surface area contributed by atoms with Crippen LogP contribution in [-0.4, -0.2) is 36.9 Å². The molecule has 0 fully saturated rings. The molecule has 0 saturated carbocycles. The lowest BCUT2D eigenvalue weighted by molar-refractivity contribution is 0.166. The van der Waals surface area contributed by atoms with Gasteiger partial charge in [0, 0.05) is 11.6 Å². The molecule has 0 atom stereocenters. The van der Waals surface area contributed by atoms with E-state index in [9.17, 15) is 25.6 Å². The molecular weight excluding hydrogens is 228 g/mol. The van der Waals surface area contributed by atoms with Crippen molar-refractivity contribution in [2.45, 2.75) is 6.42 Å². The largest absolute Gasteiger partial charge is 0.504 e. The zero-order valence-electron chi connectivity index (χ0n) is 8.75. The first-order valence-corrected chi connectivity index (χ1v) is 4.88. The van der Waals surface area contributed by atoms with Crippen molar-refractivity contribution in [2.75, 3.05) is 6.54 Å². The van der Waals surface area contributed by atoms with E-state index in [0.717, 1.165) is 6.07 Å². The average Bonchev–Trinajstić information content (AvgIpc) is 2.52. The van der Waals surface area contributed by atoms with Gasteiger partial charge in [0.25, 0.3) is 0 Å². The van der Waals surface area contributed by atoms with Crippen molar-refractivity contribution in [3.05, 3.63) is 11.6 Å². The first-order valence-electron chi connectivity index (χ1n) is 4.88. The number of phenols is 3. The van der Waals surface area contributed by atoms with Crippen LogP contribution in [0.5, 0.6) is 23.1 Å². The number of phenolic OH excluding ortho intramolecular Hbond substituents is 3. The highest BCUT2D eigenvalue weighted by Crippen LogP contribution is 2.45. The number of rotatable bonds is 2. The molecule has 0 saturated heterocycles. The number of benzene rings is 1. The molecule has 92 valence electrons. The molecule has 2 aromatic rings. The van der Waals surface area contributed by atoms with E-state index in [1.807, 2.05) is 0 Å². The number of hydrogen-bond acceptors (Lipinski definition) is 6. The molecule has 1 aromatic carbocycles. The number of fused-ring (bicyclic) bond motifs is 1. The Kier molecular flexibility index (Phi) is 2.40. The molecule has 0 aliphatic rings. The van der Waals surface area contributed by atoms with Gasteiger partial charge >= 0.3 is 0 Å². The van der Waals surface area contributed by atoms with Crippen molar-refractivity contribution in [1.29, 1.82) is 0 Å². The van der Waals surface area contributed by atoms with Crippen molar-refractivity contribution < 1.29 is 25.6 Å². The molecule has 0 bridgehead atoms. The topological polar surface area (TPSA) is 132 Å². The summed E-state index contributed by atoms with van der Waals surface area (Å²) >= 11 is 0. The van der Waals surface area contributed by atoms with Gasteiger partial charge in [-0.25, -0.2) is 0 Å². The standard InChI is InChI=1S/C10H12N2O5/c11-2-1-4-7-5(12(17)10(4)16)3-6(13)8(14)9(7)15/h3,13-17H,1-2,11H2. The van der Waals surface area contributed by atoms with E-state index in [2.05, 4.69) is 0 Å². The van der Waals surface area contributed by atoms with Gasteiger partial charge in [-0.1, -0.05) is 0 Å². The Morgan fingerprint density at radius 3 is 2.35 bits per heavy atom. The molecular formula is C10H12N2O5. The summed E-state index contributed by atoms with van der Waals surface area (Å²) in [7, 11) is 0. The highest BCUT2D eigenvalue weighted by atomic mass is 16.5. The minimum absolute atomic E-state index is 0.0150. The van der Waals surface area contributed by atoms with E-state index in [1.54, 1.807) is 0 Å². The maximum absolute atomic E-state index is 9.70. The lowest BCUT2D eigenvalue weighted by atomic mass is 10.1. The van der Waals surface area contributed by atoms with Crippen LogP contribution in [-0.2, 0) is 6.42 Å². The predicted molar refractivity (Wildman–Crippen MR) is 58.5 cm³/mol. The molecule has 0 aliphatic carbocycles. The molecule has 0 amide bonds. The maximum Gasteiger partial charge on any atom is 0.229 e. The summed E-state index contributed by atoms with van der Waals surface area (Å²) in [5.74, 6) is -2.39. The molecule has 17 heavy (non-hydrogen) atoms. The third kappa shape index (κ3) is 1.40. The molecule has 7 heteroatoms. The molecule has 0 radical (unpaired) electrons. The van der Waals surface area contributed by atoms with Crippen molar-refractivity contribution in [2.24, 2.45) is 5.73 Å². The molecule has 0 spiro atoms. The summed E-state index contributed by atoms with van der Waals surface area (Å²) in [6, 6.07) is 1.03. The Balaban J connectivity index is 2.91. The number of aromatic hydroxyl groups is 4. The molecule has 2 rings (SSSR count). The first kappa shape index (κ1) is 11.2. The Bertz CT molecular complexity index is 590. The second-order valence-corrected chi connectivity index (χ2v) is 3.64. The van der Waals surface area contributed by atoms with Gasteiger partial charge in [-0.3, -0.25) is 0 Å². The third-order valence-electron chi connectivity index (χ3n) is 2.63. The highest BCUT2D eigenvalue weighted by Gasteiger charge is 2.22. The Labute approximate surface area is 95.5 Å². The first-order chi connectivity index (χ1) is 7.99. The fraction of sp³-hybridized carbons (Fsp3) is 0.200. The van der Waals surface area contributed by atoms with Gasteiger partial charge < -0.3 is 31.4 Å². The smallest absolute Gasteiger partial charge is 0.229 e. The lowest BCUT2D eigenvalue weighted by Gasteiger charge is -2.03. The molecule has 7 N–H and O–H groups in total. The second-order valence-electron chi connectivity index (χ2n) is 3.64. The van der Waals surface area contributed by atoms with E-state index in [-0.39, 0.29) is 29.4 Å². The zero-order chi connectivity index (χ0) is 12.7. The number of nitrogens with zero attached hydrogens (tertiary/aromatic N) is 1. The fourth-order valence-electron chi connectivity index (χ4n) is 1.83. The van der Waals surface area contributed by atoms with Crippen molar-refractivity contribution in [3.63, 3.8) is 0 Å². The number of hydrogen-bond donors (Lipinski definition) is 6. The summed E-state index contributed by atoms with van der Waals surface area (Å²) in [5, 5.41) is 47.7. The van der Waals surface area contributed by atoms with E-state index in [1.165, 1.54) is 0 Å². The molecule has 7 nitrogen and oxygen atoms in total. The van der Waals surface area contributed by atoms with Gasteiger partial charge in [-0.15, -0.1) is 0 Å². The molecule has 0 aliphatic heterocycles. The minimum atomic E-state index is -0.707. The molecule has 1 aromatic heterocycles. The van der Waals surface area contributed by atoms with E-state index < -0.39 is 23.1 Å². The normalized spacial score (nSPS) is 11.1. The minimum Gasteiger partial charge on any atom is -0.504 e. The van der Waals surface area contributed by atoms with Crippen LogP contribution in [0.4, 0.5) is 0 Å². The Hall–Kier alpha value is -2.28. The van der Waals surface area contributed by atoms with Gasteiger partial charge in [0.2, 0.25) is 11.6 Å². The SMILES string of the molecule is NCCc1c(O)n(O)c2cc(O)c(O)c(O)c12. The van der Waals surface area contributed by atoms with Crippen LogP contribution in [0.1, 0.15) is 5.56 Å². The van der Waals surface area contributed by atoms with Crippen LogP contribution >= 0.6 is 0 Å². The monoisotopic (exact) mass is 240 g/mol. The van der Waals surface area contributed by atoms with Gasteiger partial charge in [0.05, 0.1) is 10.9 Å². The van der Waals surface area contributed by atoms with E-state index in [0.29, 0.717) is 4.73 Å². The van der Waals surface area contributed by atoms with Crippen LogP contribution in [0.15, 0.2) is 6.07 Å². The van der Waals surface area contributed by atoms with E-state index >= 15 is 0 Å². The zero-order valence-corrected chi connectivity index (χ0v) is 8.75. The van der Waals surface area contributed by atoms with Gasteiger partial charge in [0.15, 0.2) is 11.5 Å². The highest BCUT2D eigenvalue weighted by molar-refractivity contribution is 5.95. The van der Waals surface area contributed by atoms with Crippen LogP contribution < -0.4 is 5.73 Å². The average molecular weight is 240 g/mol.